The third-order valence-electron chi connectivity index (χ3n) is 3.04. The summed E-state index contributed by atoms with van der Waals surface area (Å²) in [4.78, 5) is 21.1. The van der Waals surface area contributed by atoms with E-state index in [2.05, 4.69) is 12.1 Å². The number of ether oxygens (including phenoxy) is 1. The van der Waals surface area contributed by atoms with Gasteiger partial charge >= 0.3 is 11.9 Å². The van der Waals surface area contributed by atoms with E-state index in [-0.39, 0.29) is 11.1 Å². The van der Waals surface area contributed by atoms with Gasteiger partial charge in [-0.05, 0) is 42.3 Å². The predicted octanol–water partition coefficient (Wildman–Crippen LogP) is 2.97. The maximum atomic E-state index is 10.6. The molecule has 5 nitrogen and oxygen atoms in total. The van der Waals surface area contributed by atoms with Crippen LogP contribution in [0.1, 0.15) is 31.8 Å². The van der Waals surface area contributed by atoms with Crippen molar-refractivity contribution in [3.05, 3.63) is 64.7 Å². The monoisotopic (exact) mass is 286 g/mol. The third-order valence-corrected chi connectivity index (χ3v) is 3.04. The quantitative estimate of drug-likeness (QED) is 0.886. The molecular formula is C16H14O5. The summed E-state index contributed by atoms with van der Waals surface area (Å²) in [7, 11) is 0. The minimum Gasteiger partial charge on any atom is -0.489 e. The van der Waals surface area contributed by atoms with Crippen molar-refractivity contribution in [1.29, 1.82) is 0 Å². The van der Waals surface area contributed by atoms with Gasteiger partial charge in [-0.25, -0.2) is 9.59 Å². The molecule has 0 aromatic heterocycles. The van der Waals surface area contributed by atoms with Gasteiger partial charge in [0.05, 0.1) is 11.1 Å². The first-order valence-corrected chi connectivity index (χ1v) is 6.26. The lowest BCUT2D eigenvalue weighted by atomic mass is 10.1. The molecule has 4 rings (SSSR count). The van der Waals surface area contributed by atoms with E-state index in [0.717, 1.165) is 18.4 Å². The van der Waals surface area contributed by atoms with Crippen molar-refractivity contribution in [2.24, 2.45) is 0 Å². The van der Waals surface area contributed by atoms with Crippen molar-refractivity contribution in [2.75, 3.05) is 0 Å². The number of carboxylic acid groups (broad SMARTS) is 2. The van der Waals surface area contributed by atoms with Gasteiger partial charge in [0, 0.05) is 0 Å². The van der Waals surface area contributed by atoms with Crippen molar-refractivity contribution >= 4 is 11.9 Å². The molecule has 0 atom stereocenters. The summed E-state index contributed by atoms with van der Waals surface area (Å²) in [5.74, 6) is -1.25. The Labute approximate surface area is 121 Å². The fourth-order valence-corrected chi connectivity index (χ4v) is 1.83. The number of carbonyl (C=O) groups is 2. The van der Waals surface area contributed by atoms with Crippen LogP contribution in [0.2, 0.25) is 0 Å². The maximum absolute atomic E-state index is 10.6. The zero-order valence-electron chi connectivity index (χ0n) is 11.4. The van der Waals surface area contributed by atoms with Gasteiger partial charge in [0.25, 0.3) is 0 Å². The van der Waals surface area contributed by atoms with Gasteiger partial charge in [-0.1, -0.05) is 18.2 Å². The Hall–Kier alpha value is -2.82. The summed E-state index contributed by atoms with van der Waals surface area (Å²) in [6.07, 6.45) is 0. The molecule has 0 spiro atoms. The molecule has 0 saturated heterocycles. The summed E-state index contributed by atoms with van der Waals surface area (Å²) in [6.45, 7) is 2.39. The van der Waals surface area contributed by atoms with E-state index >= 15 is 0 Å². The molecule has 2 aromatic carbocycles. The van der Waals surface area contributed by atoms with Gasteiger partial charge in [0.1, 0.15) is 12.4 Å². The fourth-order valence-electron chi connectivity index (χ4n) is 1.83. The Morgan fingerprint density at radius 2 is 1.67 bits per heavy atom. The third kappa shape index (κ3) is 3.60. The molecular weight excluding hydrogens is 272 g/mol. The Morgan fingerprint density at radius 3 is 2.00 bits per heavy atom. The van der Waals surface area contributed by atoms with Gasteiger partial charge in [-0.2, -0.15) is 0 Å². The van der Waals surface area contributed by atoms with E-state index in [0.29, 0.717) is 5.56 Å². The Bertz CT molecular complexity index is 651. The van der Waals surface area contributed by atoms with Crippen molar-refractivity contribution < 1.29 is 24.5 Å². The number of aromatic carboxylic acids is 2. The zero-order valence-corrected chi connectivity index (χ0v) is 11.4. The molecule has 21 heavy (non-hydrogen) atoms. The van der Waals surface area contributed by atoms with Crippen LogP contribution < -0.4 is 4.74 Å². The van der Waals surface area contributed by atoms with Crippen LogP contribution in [0.15, 0.2) is 42.5 Å². The van der Waals surface area contributed by atoms with Crippen LogP contribution in [-0.2, 0) is 6.61 Å². The summed E-state index contributed by atoms with van der Waals surface area (Å²) >= 11 is 0. The summed E-state index contributed by atoms with van der Waals surface area (Å²) in [5.41, 5.74) is 1.83. The molecule has 2 bridgehead atoms. The van der Waals surface area contributed by atoms with E-state index in [4.69, 9.17) is 14.9 Å². The molecule has 0 unspecified atom stereocenters. The van der Waals surface area contributed by atoms with E-state index < -0.39 is 11.9 Å². The average molecular weight is 286 g/mol. The van der Waals surface area contributed by atoms with Gasteiger partial charge in [-0.3, -0.25) is 0 Å². The predicted molar refractivity (Wildman–Crippen MR) is 75.9 cm³/mol. The first kappa shape index (κ1) is 14.6. The fraction of sp³-hybridized carbons (Fsp3) is 0.125. The zero-order chi connectivity index (χ0) is 15.4. The SMILES string of the molecule is Cc1ccc(C(=O)O)cc1C(=O)O.c1cc2ccc1CO2. The van der Waals surface area contributed by atoms with Gasteiger partial charge < -0.3 is 14.9 Å². The first-order valence-electron chi connectivity index (χ1n) is 6.26. The van der Waals surface area contributed by atoms with Crippen LogP contribution in [-0.4, -0.2) is 22.2 Å². The van der Waals surface area contributed by atoms with Crippen molar-refractivity contribution in [2.45, 2.75) is 13.5 Å². The molecule has 0 amide bonds. The average Bonchev–Trinajstić information content (AvgIpc) is 2.50. The van der Waals surface area contributed by atoms with Crippen LogP contribution >= 0.6 is 0 Å². The Balaban J connectivity index is 0.000000170. The molecule has 2 heterocycles. The molecule has 0 aliphatic carbocycles. The molecule has 0 saturated carbocycles. The number of aryl methyl sites for hydroxylation is 1. The topological polar surface area (TPSA) is 83.8 Å². The second-order valence-corrected chi connectivity index (χ2v) is 4.57. The highest BCUT2D eigenvalue weighted by atomic mass is 16.5. The molecule has 2 aliphatic rings. The van der Waals surface area contributed by atoms with Crippen molar-refractivity contribution in [1.82, 2.24) is 0 Å². The summed E-state index contributed by atoms with van der Waals surface area (Å²) in [6, 6.07) is 12.1. The largest absolute Gasteiger partial charge is 0.489 e. The Morgan fingerprint density at radius 1 is 1.00 bits per heavy atom. The van der Waals surface area contributed by atoms with Gasteiger partial charge in [0.2, 0.25) is 0 Å². The molecule has 0 radical (unpaired) electrons. The van der Waals surface area contributed by atoms with Crippen LogP contribution in [0.25, 0.3) is 0 Å². The highest BCUT2D eigenvalue weighted by Gasteiger charge is 2.10. The van der Waals surface area contributed by atoms with E-state index in [1.807, 2.05) is 12.1 Å². The lowest BCUT2D eigenvalue weighted by Gasteiger charge is -2.11. The number of benzene rings is 2. The normalized spacial score (nSPS) is 11.1. The van der Waals surface area contributed by atoms with Gasteiger partial charge in [0.15, 0.2) is 0 Å². The van der Waals surface area contributed by atoms with Crippen molar-refractivity contribution in [3.63, 3.8) is 0 Å². The van der Waals surface area contributed by atoms with E-state index in [1.165, 1.54) is 17.7 Å². The number of hydrogen-bond acceptors (Lipinski definition) is 3. The van der Waals surface area contributed by atoms with E-state index in [1.54, 1.807) is 6.92 Å². The molecule has 2 N–H and O–H groups in total. The molecule has 108 valence electrons. The number of carboxylic acids is 2. The van der Waals surface area contributed by atoms with E-state index in [9.17, 15) is 9.59 Å². The highest BCUT2D eigenvalue weighted by Crippen LogP contribution is 2.19. The standard InChI is InChI=1S/C9H8O4.C7H6O/c1-5-2-3-6(8(10)11)4-7(5)9(12)13;1-3-7-4-2-6(1)5-8-7/h2-4H,1H3,(H,10,11)(H,12,13);1-4H,5H2. The summed E-state index contributed by atoms with van der Waals surface area (Å²) < 4.78 is 5.18. The number of rotatable bonds is 2. The summed E-state index contributed by atoms with van der Waals surface area (Å²) in [5, 5.41) is 17.3. The second kappa shape index (κ2) is 6.09. The minimum absolute atomic E-state index is 0.0111. The number of hydrogen-bond donors (Lipinski definition) is 2. The number of fused-ring (bicyclic) bond motifs is 3. The molecule has 2 aromatic rings. The second-order valence-electron chi connectivity index (χ2n) is 4.57. The van der Waals surface area contributed by atoms with Crippen LogP contribution in [0.4, 0.5) is 0 Å². The lowest BCUT2D eigenvalue weighted by molar-refractivity contribution is 0.0695. The highest BCUT2D eigenvalue weighted by molar-refractivity contribution is 5.94. The van der Waals surface area contributed by atoms with Crippen LogP contribution in [0.5, 0.6) is 5.75 Å². The maximum Gasteiger partial charge on any atom is 0.335 e. The molecule has 0 fully saturated rings. The molecule has 5 heteroatoms. The first-order chi connectivity index (χ1) is 9.97. The molecule has 2 aliphatic heterocycles. The van der Waals surface area contributed by atoms with Crippen LogP contribution in [0.3, 0.4) is 0 Å². The Kier molecular flexibility index (Phi) is 4.23. The van der Waals surface area contributed by atoms with Crippen LogP contribution in [0, 0.1) is 6.92 Å². The van der Waals surface area contributed by atoms with Crippen molar-refractivity contribution in [3.8, 4) is 5.75 Å². The smallest absolute Gasteiger partial charge is 0.335 e. The minimum atomic E-state index is -1.12. The van der Waals surface area contributed by atoms with Gasteiger partial charge in [-0.15, -0.1) is 0 Å². The lowest BCUT2D eigenvalue weighted by Crippen LogP contribution is -2.03.